The number of hydrogen-bond donors (Lipinski definition) is 1. The topological polar surface area (TPSA) is 62.2 Å². The van der Waals surface area contributed by atoms with Crippen molar-refractivity contribution in [2.45, 2.75) is 31.0 Å². The van der Waals surface area contributed by atoms with Gasteiger partial charge in [-0.3, -0.25) is 4.79 Å². The Bertz CT molecular complexity index is 599. The minimum Gasteiger partial charge on any atom is -0.492 e. The Morgan fingerprint density at radius 2 is 2.32 bits per heavy atom. The Labute approximate surface area is 149 Å². The molecule has 2 fully saturated rings. The van der Waals surface area contributed by atoms with Crippen molar-refractivity contribution in [2.75, 3.05) is 46.9 Å². The molecule has 0 unspecified atom stereocenters. The molecule has 2 aliphatic heterocycles. The van der Waals surface area contributed by atoms with E-state index in [9.17, 15) is 9.90 Å². The van der Waals surface area contributed by atoms with E-state index in [1.165, 1.54) is 0 Å². The van der Waals surface area contributed by atoms with Crippen LogP contribution in [0, 0.1) is 0 Å². The number of piperidine rings is 1. The molecule has 0 saturated carbocycles. The molecule has 2 aliphatic rings. The Balaban J connectivity index is 1.66. The van der Waals surface area contributed by atoms with Gasteiger partial charge in [-0.2, -0.15) is 0 Å². The van der Waals surface area contributed by atoms with E-state index >= 15 is 0 Å². The van der Waals surface area contributed by atoms with E-state index < -0.39 is 11.7 Å². The second-order valence-electron chi connectivity index (χ2n) is 7.23. The summed E-state index contributed by atoms with van der Waals surface area (Å²) < 4.78 is 11.6. The van der Waals surface area contributed by atoms with Crippen LogP contribution in [0.3, 0.4) is 0 Å². The first-order valence-corrected chi connectivity index (χ1v) is 8.99. The van der Waals surface area contributed by atoms with E-state index in [1.54, 1.807) is 11.0 Å². The maximum absolute atomic E-state index is 12.9. The minimum absolute atomic E-state index is 0.0279. The zero-order valence-electron chi connectivity index (χ0n) is 15.1. The number of aliphatic hydroxyl groups excluding tert-OH is 1. The summed E-state index contributed by atoms with van der Waals surface area (Å²) in [5, 5.41) is 10.3. The highest BCUT2D eigenvalue weighted by Gasteiger charge is 2.47. The van der Waals surface area contributed by atoms with E-state index in [2.05, 4.69) is 4.90 Å². The number of likely N-dealkylation sites (N-methyl/N-ethyl adjacent to an activating group) is 1. The molecular weight excluding hydrogens is 320 g/mol. The fraction of sp³-hybridized carbons (Fsp3) is 0.632. The summed E-state index contributed by atoms with van der Waals surface area (Å²) in [6, 6.07) is 7.33. The summed E-state index contributed by atoms with van der Waals surface area (Å²) >= 11 is 0. The van der Waals surface area contributed by atoms with Crippen LogP contribution in [-0.2, 0) is 4.74 Å². The number of nitrogens with zero attached hydrogens (tertiary/aromatic N) is 2. The summed E-state index contributed by atoms with van der Waals surface area (Å²) in [4.78, 5) is 16.8. The van der Waals surface area contributed by atoms with Gasteiger partial charge in [-0.15, -0.1) is 0 Å². The van der Waals surface area contributed by atoms with Crippen LogP contribution in [0.1, 0.15) is 29.6 Å². The number of carbonyl (C=O) groups is 1. The molecule has 2 heterocycles. The second kappa shape index (κ2) is 7.72. The maximum atomic E-state index is 12.9. The molecule has 3 rings (SSSR count). The highest BCUT2D eigenvalue weighted by atomic mass is 16.5. The average molecular weight is 348 g/mol. The number of amides is 1. The second-order valence-corrected chi connectivity index (χ2v) is 7.23. The van der Waals surface area contributed by atoms with Gasteiger partial charge in [-0.25, -0.2) is 0 Å². The molecular formula is C19H28N2O4. The van der Waals surface area contributed by atoms with E-state index in [1.807, 2.05) is 32.3 Å². The molecule has 1 amide bonds. The maximum Gasteiger partial charge on any atom is 0.254 e. The lowest BCUT2D eigenvalue weighted by Crippen LogP contribution is -2.57. The van der Waals surface area contributed by atoms with Crippen molar-refractivity contribution in [3.05, 3.63) is 29.8 Å². The molecule has 1 spiro atoms. The quantitative estimate of drug-likeness (QED) is 0.871. The number of rotatable bonds is 5. The van der Waals surface area contributed by atoms with Gasteiger partial charge >= 0.3 is 0 Å². The Morgan fingerprint density at radius 3 is 3.04 bits per heavy atom. The number of aliphatic hydroxyl groups is 1. The molecule has 1 aromatic carbocycles. The Kier molecular flexibility index (Phi) is 5.61. The molecule has 0 radical (unpaired) electrons. The van der Waals surface area contributed by atoms with Crippen molar-refractivity contribution in [3.8, 4) is 5.75 Å². The van der Waals surface area contributed by atoms with Crippen LogP contribution in [0.15, 0.2) is 24.3 Å². The van der Waals surface area contributed by atoms with Gasteiger partial charge in [0, 0.05) is 25.3 Å². The van der Waals surface area contributed by atoms with Crippen molar-refractivity contribution in [2.24, 2.45) is 0 Å². The number of carbonyl (C=O) groups excluding carboxylic acids is 1. The van der Waals surface area contributed by atoms with Gasteiger partial charge < -0.3 is 24.4 Å². The molecule has 6 nitrogen and oxygen atoms in total. The molecule has 2 saturated heterocycles. The fourth-order valence-electron chi connectivity index (χ4n) is 3.58. The van der Waals surface area contributed by atoms with Gasteiger partial charge in [0.05, 0.1) is 12.6 Å². The van der Waals surface area contributed by atoms with Gasteiger partial charge in [0.2, 0.25) is 0 Å². The predicted octanol–water partition coefficient (Wildman–Crippen LogP) is 1.38. The number of ether oxygens (including phenoxy) is 2. The molecule has 0 aromatic heterocycles. The normalized spacial score (nSPS) is 26.4. The minimum atomic E-state index is -0.576. The Morgan fingerprint density at radius 1 is 1.48 bits per heavy atom. The third-order valence-corrected chi connectivity index (χ3v) is 5.05. The smallest absolute Gasteiger partial charge is 0.254 e. The van der Waals surface area contributed by atoms with Crippen LogP contribution in [0.4, 0.5) is 0 Å². The molecule has 0 aliphatic carbocycles. The SMILES string of the molecule is CN(C)CCOc1cccc(C(=O)N2CC[C@H](O)[C@]3(CCCO3)C2)c1. The van der Waals surface area contributed by atoms with Crippen LogP contribution in [0.5, 0.6) is 5.75 Å². The lowest BCUT2D eigenvalue weighted by molar-refractivity contribution is -0.124. The van der Waals surface area contributed by atoms with Gasteiger partial charge in [0.15, 0.2) is 0 Å². The molecule has 2 atom stereocenters. The molecule has 1 N–H and O–H groups in total. The number of hydrogen-bond acceptors (Lipinski definition) is 5. The van der Waals surface area contributed by atoms with Crippen LogP contribution in [0.2, 0.25) is 0 Å². The lowest BCUT2D eigenvalue weighted by Gasteiger charge is -2.43. The molecule has 6 heteroatoms. The van der Waals surface area contributed by atoms with Crippen molar-refractivity contribution in [1.29, 1.82) is 0 Å². The van der Waals surface area contributed by atoms with Gasteiger partial charge in [0.1, 0.15) is 18.0 Å². The summed E-state index contributed by atoms with van der Waals surface area (Å²) in [5.74, 6) is 0.677. The van der Waals surface area contributed by atoms with E-state index in [0.717, 1.165) is 19.4 Å². The van der Waals surface area contributed by atoms with Crippen molar-refractivity contribution < 1.29 is 19.4 Å². The predicted molar refractivity (Wildman–Crippen MR) is 94.9 cm³/mol. The largest absolute Gasteiger partial charge is 0.492 e. The molecule has 138 valence electrons. The highest BCUT2D eigenvalue weighted by molar-refractivity contribution is 5.94. The average Bonchev–Trinajstić information content (AvgIpc) is 3.06. The fourth-order valence-corrected chi connectivity index (χ4v) is 3.58. The first-order valence-electron chi connectivity index (χ1n) is 8.99. The van der Waals surface area contributed by atoms with Gasteiger partial charge in [-0.1, -0.05) is 6.07 Å². The zero-order valence-corrected chi connectivity index (χ0v) is 15.1. The third-order valence-electron chi connectivity index (χ3n) is 5.05. The van der Waals surface area contributed by atoms with Crippen LogP contribution in [-0.4, -0.2) is 79.5 Å². The van der Waals surface area contributed by atoms with Crippen molar-refractivity contribution >= 4 is 5.91 Å². The van der Waals surface area contributed by atoms with E-state index in [4.69, 9.17) is 9.47 Å². The third kappa shape index (κ3) is 4.14. The van der Waals surface area contributed by atoms with Crippen LogP contribution < -0.4 is 4.74 Å². The number of likely N-dealkylation sites (tertiary alicyclic amines) is 1. The van der Waals surface area contributed by atoms with E-state index in [0.29, 0.717) is 44.0 Å². The first kappa shape index (κ1) is 18.2. The number of benzene rings is 1. The van der Waals surface area contributed by atoms with Gasteiger partial charge in [-0.05, 0) is 51.6 Å². The summed E-state index contributed by atoms with van der Waals surface area (Å²) in [6.07, 6.45) is 1.82. The molecule has 0 bridgehead atoms. The summed E-state index contributed by atoms with van der Waals surface area (Å²) in [5.41, 5.74) is 0.0418. The molecule has 25 heavy (non-hydrogen) atoms. The monoisotopic (exact) mass is 348 g/mol. The van der Waals surface area contributed by atoms with E-state index in [-0.39, 0.29) is 5.91 Å². The van der Waals surface area contributed by atoms with Crippen molar-refractivity contribution in [3.63, 3.8) is 0 Å². The Hall–Kier alpha value is -1.63. The highest BCUT2D eigenvalue weighted by Crippen LogP contribution is 2.35. The lowest BCUT2D eigenvalue weighted by atomic mass is 9.87. The summed E-state index contributed by atoms with van der Waals surface area (Å²) in [6.45, 7) is 3.07. The standard InChI is InChI=1S/C19H28N2O4/c1-20(2)10-12-24-16-6-3-5-15(13-16)18(23)21-9-7-17(22)19(14-21)8-4-11-25-19/h3,5-6,13,17,22H,4,7-12,14H2,1-2H3/t17-,19-/m0/s1. The van der Waals surface area contributed by atoms with Crippen LogP contribution in [0.25, 0.3) is 0 Å². The van der Waals surface area contributed by atoms with Gasteiger partial charge in [0.25, 0.3) is 5.91 Å². The van der Waals surface area contributed by atoms with Crippen molar-refractivity contribution in [1.82, 2.24) is 9.80 Å². The summed E-state index contributed by atoms with van der Waals surface area (Å²) in [7, 11) is 3.99. The van der Waals surface area contributed by atoms with Crippen LogP contribution >= 0.6 is 0 Å². The zero-order chi connectivity index (χ0) is 17.9. The first-order chi connectivity index (χ1) is 12.0. The molecule has 1 aromatic rings.